The zero-order valence-electron chi connectivity index (χ0n) is 25.3. The summed E-state index contributed by atoms with van der Waals surface area (Å²) in [5.41, 5.74) is 7.55. The lowest BCUT2D eigenvalue weighted by Crippen LogP contribution is -2.00. The van der Waals surface area contributed by atoms with Crippen LogP contribution in [0.5, 0.6) is 0 Å². The van der Waals surface area contributed by atoms with Crippen LogP contribution in [0.4, 0.5) is 0 Å². The molecule has 0 saturated heterocycles. The lowest BCUT2D eigenvalue weighted by atomic mass is 10.00. The molecular formula is C43H27N3S. The maximum Gasteiger partial charge on any atom is 0.164 e. The van der Waals surface area contributed by atoms with Crippen molar-refractivity contribution >= 4 is 42.3 Å². The summed E-state index contributed by atoms with van der Waals surface area (Å²) in [6.07, 6.45) is 0. The third-order valence-electron chi connectivity index (χ3n) is 8.75. The van der Waals surface area contributed by atoms with Gasteiger partial charge in [0.25, 0.3) is 0 Å². The summed E-state index contributed by atoms with van der Waals surface area (Å²) in [5.74, 6) is 1.96. The highest BCUT2D eigenvalue weighted by Crippen LogP contribution is 2.37. The van der Waals surface area contributed by atoms with Crippen LogP contribution in [0.1, 0.15) is 0 Å². The molecule has 2 heterocycles. The molecule has 0 amide bonds. The molecule has 0 atom stereocenters. The molecule has 9 aromatic rings. The van der Waals surface area contributed by atoms with Crippen molar-refractivity contribution in [3.8, 4) is 56.4 Å². The topological polar surface area (TPSA) is 38.7 Å². The Labute approximate surface area is 276 Å². The third-order valence-corrected chi connectivity index (χ3v) is 9.88. The van der Waals surface area contributed by atoms with E-state index in [0.29, 0.717) is 17.5 Å². The van der Waals surface area contributed by atoms with Gasteiger partial charge in [0.1, 0.15) is 0 Å². The molecule has 9 rings (SSSR count). The minimum absolute atomic E-state index is 0.651. The van der Waals surface area contributed by atoms with E-state index in [2.05, 4.69) is 133 Å². The first-order valence-electron chi connectivity index (χ1n) is 15.7. The highest BCUT2D eigenvalue weighted by Gasteiger charge is 2.13. The minimum Gasteiger partial charge on any atom is -0.208 e. The molecule has 0 saturated carbocycles. The molecule has 0 bridgehead atoms. The molecule has 0 unspecified atom stereocenters. The van der Waals surface area contributed by atoms with Gasteiger partial charge < -0.3 is 0 Å². The molecule has 220 valence electrons. The van der Waals surface area contributed by atoms with E-state index < -0.39 is 0 Å². The van der Waals surface area contributed by atoms with E-state index in [-0.39, 0.29) is 0 Å². The molecular weight excluding hydrogens is 591 g/mol. The fourth-order valence-corrected chi connectivity index (χ4v) is 7.39. The van der Waals surface area contributed by atoms with Crippen molar-refractivity contribution in [3.05, 3.63) is 164 Å². The van der Waals surface area contributed by atoms with Gasteiger partial charge in [-0.2, -0.15) is 0 Å². The molecule has 4 heteroatoms. The second-order valence-electron chi connectivity index (χ2n) is 11.7. The minimum atomic E-state index is 0.651. The molecule has 0 fully saturated rings. The van der Waals surface area contributed by atoms with Gasteiger partial charge in [0.2, 0.25) is 0 Å². The number of hydrogen-bond acceptors (Lipinski definition) is 4. The highest BCUT2D eigenvalue weighted by molar-refractivity contribution is 7.25. The van der Waals surface area contributed by atoms with E-state index in [1.807, 2.05) is 41.7 Å². The van der Waals surface area contributed by atoms with Crippen LogP contribution in [0.15, 0.2) is 164 Å². The Morgan fingerprint density at radius 1 is 0.298 bits per heavy atom. The van der Waals surface area contributed by atoms with Crippen LogP contribution >= 0.6 is 11.3 Å². The van der Waals surface area contributed by atoms with E-state index in [4.69, 9.17) is 15.0 Å². The van der Waals surface area contributed by atoms with Crippen LogP contribution in [0.3, 0.4) is 0 Å². The third kappa shape index (κ3) is 5.15. The Bertz CT molecular complexity index is 2550. The average molecular weight is 618 g/mol. The standard InChI is InChI=1S/C43H27N3S/c1-2-9-31(10-3-1)41-44-42(32-19-14-29(15-20-32)35-23-18-28-8-4-5-11-34(28)26-35)46-43(45-41)33-21-16-30(17-22-33)36-24-25-38-37-12-6-7-13-39(37)47-40(38)27-36/h1-27H. The van der Waals surface area contributed by atoms with Crippen LogP contribution in [0, 0.1) is 0 Å². The monoisotopic (exact) mass is 617 g/mol. The smallest absolute Gasteiger partial charge is 0.164 e. The molecule has 47 heavy (non-hydrogen) atoms. The number of benzene rings is 7. The van der Waals surface area contributed by atoms with Crippen LogP contribution < -0.4 is 0 Å². The number of rotatable bonds is 5. The summed E-state index contributed by atoms with van der Waals surface area (Å²) in [7, 11) is 0. The van der Waals surface area contributed by atoms with Crippen molar-refractivity contribution in [1.29, 1.82) is 0 Å². The predicted octanol–water partition coefficient (Wildman–Crippen LogP) is 11.7. The summed E-state index contributed by atoms with van der Waals surface area (Å²) in [5, 5.41) is 5.10. The second kappa shape index (κ2) is 11.4. The summed E-state index contributed by atoms with van der Waals surface area (Å²) < 4.78 is 2.62. The zero-order valence-corrected chi connectivity index (χ0v) is 26.2. The predicted molar refractivity (Wildman–Crippen MR) is 197 cm³/mol. The number of aromatic nitrogens is 3. The van der Waals surface area contributed by atoms with Crippen molar-refractivity contribution in [1.82, 2.24) is 15.0 Å². The molecule has 2 aromatic heterocycles. The molecule has 7 aromatic carbocycles. The van der Waals surface area contributed by atoms with Gasteiger partial charge in [0.15, 0.2) is 17.5 Å². The van der Waals surface area contributed by atoms with E-state index in [1.165, 1.54) is 42.1 Å². The average Bonchev–Trinajstić information content (AvgIpc) is 3.53. The van der Waals surface area contributed by atoms with Crippen molar-refractivity contribution in [3.63, 3.8) is 0 Å². The Morgan fingerprint density at radius 2 is 0.766 bits per heavy atom. The number of fused-ring (bicyclic) bond motifs is 4. The van der Waals surface area contributed by atoms with Gasteiger partial charge in [-0.1, -0.05) is 146 Å². The molecule has 0 N–H and O–H groups in total. The molecule has 3 nitrogen and oxygen atoms in total. The maximum atomic E-state index is 4.99. The van der Waals surface area contributed by atoms with E-state index >= 15 is 0 Å². The van der Waals surface area contributed by atoms with E-state index in [1.54, 1.807) is 0 Å². The Kier molecular flexibility index (Phi) is 6.65. The normalized spacial score (nSPS) is 11.4. The van der Waals surface area contributed by atoms with Gasteiger partial charge in [-0.3, -0.25) is 0 Å². The van der Waals surface area contributed by atoms with Crippen LogP contribution in [-0.2, 0) is 0 Å². The van der Waals surface area contributed by atoms with Gasteiger partial charge >= 0.3 is 0 Å². The number of thiophene rings is 1. The molecule has 0 radical (unpaired) electrons. The first-order chi connectivity index (χ1) is 23.2. The van der Waals surface area contributed by atoms with Crippen LogP contribution in [-0.4, -0.2) is 15.0 Å². The zero-order chi connectivity index (χ0) is 31.2. The fraction of sp³-hybridized carbons (Fsp3) is 0. The molecule has 0 aliphatic heterocycles. The fourth-order valence-electron chi connectivity index (χ4n) is 6.25. The molecule has 0 spiro atoms. The van der Waals surface area contributed by atoms with Gasteiger partial charge in [0.05, 0.1) is 0 Å². The van der Waals surface area contributed by atoms with Crippen LogP contribution in [0.25, 0.3) is 87.4 Å². The second-order valence-corrected chi connectivity index (χ2v) is 12.8. The van der Waals surface area contributed by atoms with Crippen molar-refractivity contribution in [2.45, 2.75) is 0 Å². The van der Waals surface area contributed by atoms with Crippen LogP contribution in [0.2, 0.25) is 0 Å². The Morgan fingerprint density at radius 3 is 1.45 bits per heavy atom. The Hall–Kier alpha value is -5.97. The van der Waals surface area contributed by atoms with Crippen molar-refractivity contribution < 1.29 is 0 Å². The summed E-state index contributed by atoms with van der Waals surface area (Å²) in [6.45, 7) is 0. The summed E-state index contributed by atoms with van der Waals surface area (Å²) in [4.78, 5) is 14.9. The van der Waals surface area contributed by atoms with E-state index in [0.717, 1.165) is 27.8 Å². The lowest BCUT2D eigenvalue weighted by Gasteiger charge is -2.10. The largest absolute Gasteiger partial charge is 0.208 e. The highest BCUT2D eigenvalue weighted by atomic mass is 32.1. The van der Waals surface area contributed by atoms with Gasteiger partial charge in [-0.15, -0.1) is 11.3 Å². The first kappa shape index (κ1) is 27.3. The SMILES string of the molecule is c1ccc(-c2nc(-c3ccc(-c4ccc5ccccc5c4)cc3)nc(-c3ccc(-c4ccc5c(c4)sc4ccccc45)cc3)n2)cc1. The lowest BCUT2D eigenvalue weighted by molar-refractivity contribution is 1.07. The van der Waals surface area contributed by atoms with Gasteiger partial charge in [-0.25, -0.2) is 15.0 Å². The summed E-state index contributed by atoms with van der Waals surface area (Å²) >= 11 is 1.84. The quantitative estimate of drug-likeness (QED) is 0.193. The number of hydrogen-bond donors (Lipinski definition) is 0. The van der Waals surface area contributed by atoms with Crippen molar-refractivity contribution in [2.24, 2.45) is 0 Å². The maximum absolute atomic E-state index is 4.99. The summed E-state index contributed by atoms with van der Waals surface area (Å²) in [6, 6.07) is 57.6. The van der Waals surface area contributed by atoms with E-state index in [9.17, 15) is 0 Å². The number of nitrogens with zero attached hydrogens (tertiary/aromatic N) is 3. The molecule has 0 aliphatic carbocycles. The van der Waals surface area contributed by atoms with Gasteiger partial charge in [0, 0.05) is 36.9 Å². The van der Waals surface area contributed by atoms with Crippen molar-refractivity contribution in [2.75, 3.05) is 0 Å². The van der Waals surface area contributed by atoms with Gasteiger partial charge in [-0.05, 0) is 51.2 Å². The molecule has 0 aliphatic rings. The first-order valence-corrected chi connectivity index (χ1v) is 16.5. The Balaban J connectivity index is 1.07.